The van der Waals surface area contributed by atoms with Gasteiger partial charge in [-0.1, -0.05) is 396 Å². The molecule has 0 aliphatic carbocycles. The van der Waals surface area contributed by atoms with E-state index in [0.29, 0.717) is 31.6 Å². The third kappa shape index (κ3) is 77.2. The van der Waals surface area contributed by atoms with Gasteiger partial charge in [-0.05, 0) is 49.4 Å². The average Bonchev–Trinajstić information content (AvgIpc) is 0.910. The number of hydrogen-bond acceptors (Lipinski definition) is 15. The van der Waals surface area contributed by atoms with E-state index < -0.39 is 97.5 Å². The summed E-state index contributed by atoms with van der Waals surface area (Å²) in [5, 5.41) is 10.7. The minimum atomic E-state index is -4.97. The van der Waals surface area contributed by atoms with Crippen molar-refractivity contribution >= 4 is 39.5 Å². The van der Waals surface area contributed by atoms with Crippen molar-refractivity contribution in [3.05, 3.63) is 0 Å². The van der Waals surface area contributed by atoms with Gasteiger partial charge in [0.2, 0.25) is 0 Å². The summed E-state index contributed by atoms with van der Waals surface area (Å²) in [6.07, 6.45) is 64.0. The summed E-state index contributed by atoms with van der Waals surface area (Å²) in [6, 6.07) is 0. The second-order valence-electron chi connectivity index (χ2n) is 32.4. The largest absolute Gasteiger partial charge is 0.472 e. The fourth-order valence-corrected chi connectivity index (χ4v) is 14.8. The summed E-state index contributed by atoms with van der Waals surface area (Å²) < 4.78 is 68.8. The predicted molar refractivity (Wildman–Crippen MR) is 432 cm³/mol. The summed E-state index contributed by atoms with van der Waals surface area (Å²) in [5.41, 5.74) is 0. The maximum absolute atomic E-state index is 13.1. The Morgan fingerprint density at radius 2 is 0.457 bits per heavy atom. The number of rotatable bonds is 83. The van der Waals surface area contributed by atoms with Gasteiger partial charge >= 0.3 is 39.5 Å². The van der Waals surface area contributed by atoms with Gasteiger partial charge in [0.05, 0.1) is 26.4 Å². The van der Waals surface area contributed by atoms with Crippen molar-refractivity contribution in [1.82, 2.24) is 0 Å². The smallest absolute Gasteiger partial charge is 0.462 e. The van der Waals surface area contributed by atoms with Gasteiger partial charge in [0.15, 0.2) is 12.2 Å². The van der Waals surface area contributed by atoms with Gasteiger partial charge in [0.1, 0.15) is 19.3 Å². The highest BCUT2D eigenvalue weighted by Gasteiger charge is 2.31. The molecule has 0 spiro atoms. The van der Waals surface area contributed by atoms with Crippen LogP contribution in [0, 0.1) is 23.7 Å². The van der Waals surface area contributed by atoms with Crippen molar-refractivity contribution in [3.63, 3.8) is 0 Å². The van der Waals surface area contributed by atoms with E-state index in [9.17, 15) is 43.2 Å². The van der Waals surface area contributed by atoms with Crippen LogP contribution in [0.15, 0.2) is 0 Å². The van der Waals surface area contributed by atoms with E-state index in [1.165, 1.54) is 244 Å². The molecule has 0 saturated carbocycles. The summed E-state index contributed by atoms with van der Waals surface area (Å²) in [5.74, 6) is 1.08. The molecule has 0 radical (unpaired) electrons. The van der Waals surface area contributed by atoms with Gasteiger partial charge in [-0.3, -0.25) is 37.3 Å². The normalized spacial score (nSPS) is 14.4. The van der Waals surface area contributed by atoms with Crippen LogP contribution in [0.3, 0.4) is 0 Å². The second-order valence-corrected chi connectivity index (χ2v) is 35.3. The molecule has 0 aromatic rings. The molecule has 17 nitrogen and oxygen atoms in total. The molecule has 4 unspecified atom stereocenters. The molecule has 0 fully saturated rings. The molecule has 105 heavy (non-hydrogen) atoms. The Bertz CT molecular complexity index is 2050. The molecular formula is C86H168O17P2. The van der Waals surface area contributed by atoms with Crippen LogP contribution in [0.1, 0.15) is 447 Å². The number of aliphatic hydroxyl groups excluding tert-OH is 1. The molecule has 0 rings (SSSR count). The van der Waals surface area contributed by atoms with E-state index >= 15 is 0 Å². The van der Waals surface area contributed by atoms with E-state index in [1.54, 1.807) is 0 Å². The highest BCUT2D eigenvalue weighted by molar-refractivity contribution is 7.47. The van der Waals surface area contributed by atoms with Gasteiger partial charge < -0.3 is 33.8 Å². The van der Waals surface area contributed by atoms with Crippen molar-refractivity contribution in [2.75, 3.05) is 39.6 Å². The first-order chi connectivity index (χ1) is 50.7. The molecule has 0 aliphatic rings. The molecule has 7 atom stereocenters. The minimum absolute atomic E-state index is 0.107. The number of carbonyl (C=O) groups excluding carboxylic acids is 4. The van der Waals surface area contributed by atoms with E-state index in [2.05, 4.69) is 55.4 Å². The quantitative estimate of drug-likeness (QED) is 0.0222. The number of ether oxygens (including phenoxy) is 4. The number of phosphoric ester groups is 2. The second kappa shape index (κ2) is 74.8. The zero-order valence-electron chi connectivity index (χ0n) is 69.4. The molecule has 0 heterocycles. The number of aliphatic hydroxyl groups is 1. The topological polar surface area (TPSA) is 237 Å². The number of esters is 4. The maximum atomic E-state index is 13.1. The van der Waals surface area contributed by atoms with Crippen LogP contribution in [0.4, 0.5) is 0 Å². The van der Waals surface area contributed by atoms with E-state index in [4.69, 9.17) is 37.0 Å². The van der Waals surface area contributed by atoms with Crippen LogP contribution in [0.5, 0.6) is 0 Å². The third-order valence-electron chi connectivity index (χ3n) is 20.8. The van der Waals surface area contributed by atoms with Crippen LogP contribution in [0.25, 0.3) is 0 Å². The SMILES string of the molecule is CCC(C)CCCCCCCCCCCCCCCCCCCCC(=O)O[C@H](COC(=O)CCCCCCCCC(C)C)COP(=O)(O)OC[C@H](O)COP(=O)(O)OC[C@@H](COC(=O)CCCCCCCCCCCCCCCC(C)C)OC(=O)CCCCCCCCCCCCCCCCC(C)CC. The summed E-state index contributed by atoms with van der Waals surface area (Å²) >= 11 is 0. The van der Waals surface area contributed by atoms with Crippen LogP contribution in [-0.2, 0) is 65.4 Å². The molecule has 0 bridgehead atoms. The van der Waals surface area contributed by atoms with Crippen LogP contribution in [-0.4, -0.2) is 96.7 Å². The van der Waals surface area contributed by atoms with Gasteiger partial charge in [-0.15, -0.1) is 0 Å². The van der Waals surface area contributed by atoms with Gasteiger partial charge in [-0.25, -0.2) is 9.13 Å². The monoisotopic (exact) mass is 1540 g/mol. The Hall–Kier alpha value is -1.94. The molecule has 0 aromatic heterocycles. The predicted octanol–water partition coefficient (Wildman–Crippen LogP) is 25.9. The number of unbranched alkanes of at least 4 members (excludes halogenated alkanes) is 47. The first-order valence-electron chi connectivity index (χ1n) is 44.3. The Morgan fingerprint density at radius 3 is 0.676 bits per heavy atom. The Morgan fingerprint density at radius 1 is 0.267 bits per heavy atom. The van der Waals surface area contributed by atoms with E-state index in [1.807, 2.05) is 0 Å². The molecule has 0 saturated heterocycles. The average molecular weight is 1540 g/mol. The van der Waals surface area contributed by atoms with Crippen molar-refractivity contribution in [1.29, 1.82) is 0 Å². The summed E-state index contributed by atoms with van der Waals surface area (Å²) in [6.45, 7) is 14.3. The lowest BCUT2D eigenvalue weighted by atomic mass is 9.99. The Kier molecular flexibility index (Phi) is 73.4. The molecule has 624 valence electrons. The molecule has 3 N–H and O–H groups in total. The van der Waals surface area contributed by atoms with Gasteiger partial charge in [0, 0.05) is 25.7 Å². The fourth-order valence-electron chi connectivity index (χ4n) is 13.3. The summed E-state index contributed by atoms with van der Waals surface area (Å²) in [4.78, 5) is 73.2. The first kappa shape index (κ1) is 103. The first-order valence-corrected chi connectivity index (χ1v) is 47.3. The van der Waals surface area contributed by atoms with Crippen LogP contribution in [0.2, 0.25) is 0 Å². The van der Waals surface area contributed by atoms with Crippen molar-refractivity contribution in [2.24, 2.45) is 23.7 Å². The highest BCUT2D eigenvalue weighted by Crippen LogP contribution is 2.45. The third-order valence-corrected chi connectivity index (χ3v) is 22.7. The summed E-state index contributed by atoms with van der Waals surface area (Å²) in [7, 11) is -9.93. The van der Waals surface area contributed by atoms with Crippen LogP contribution >= 0.6 is 15.6 Å². The van der Waals surface area contributed by atoms with Crippen LogP contribution < -0.4 is 0 Å². The number of phosphoric acid groups is 2. The number of hydrogen-bond donors (Lipinski definition) is 3. The lowest BCUT2D eigenvalue weighted by Gasteiger charge is -2.21. The van der Waals surface area contributed by atoms with Crippen molar-refractivity contribution < 1.29 is 80.2 Å². The number of carbonyl (C=O) groups is 4. The maximum Gasteiger partial charge on any atom is 0.472 e. The molecule has 0 amide bonds. The zero-order chi connectivity index (χ0) is 77.4. The molecule has 0 aromatic carbocycles. The highest BCUT2D eigenvalue weighted by atomic mass is 31.2. The van der Waals surface area contributed by atoms with Crippen molar-refractivity contribution in [2.45, 2.75) is 465 Å². The van der Waals surface area contributed by atoms with E-state index in [-0.39, 0.29) is 25.7 Å². The van der Waals surface area contributed by atoms with Gasteiger partial charge in [-0.2, -0.15) is 0 Å². The minimum Gasteiger partial charge on any atom is -0.462 e. The Labute approximate surface area is 645 Å². The fraction of sp³-hybridized carbons (Fsp3) is 0.953. The zero-order valence-corrected chi connectivity index (χ0v) is 71.2. The standard InChI is InChI=1S/C86H168O17P2/c1-9-78(7)64-56-48-39-33-27-21-15-13-11-12-14-16-23-30-36-42-52-60-69-86(91)103-82(73-97-84(89)67-59-51-45-44-47-55-63-77(5)6)75-101-105(94,95)99-71-80(87)70-98-104(92,93)100-74-81(72-96-83(88)66-58-50-41-35-29-25-19-20-26-32-38-46-54-62-76(3)4)102-85(90)68-61-53-43-37-31-24-18-17-22-28-34-40-49-57-65-79(8)10-2/h76-82,87H,9-75H2,1-8H3,(H,92,93)(H,94,95)/t78?,79?,80-,81-,82-/m1/s1. The Balaban J connectivity index is 5.19. The van der Waals surface area contributed by atoms with Gasteiger partial charge in [0.25, 0.3) is 0 Å². The molecule has 0 aliphatic heterocycles. The van der Waals surface area contributed by atoms with Crippen molar-refractivity contribution in [3.8, 4) is 0 Å². The molecular weight excluding hydrogens is 1370 g/mol. The lowest BCUT2D eigenvalue weighted by Crippen LogP contribution is -2.30. The molecule has 19 heteroatoms. The lowest BCUT2D eigenvalue weighted by molar-refractivity contribution is -0.161. The van der Waals surface area contributed by atoms with E-state index in [0.717, 1.165) is 114 Å².